The number of nitrogens with zero attached hydrogens (tertiary/aromatic N) is 1. The molecule has 0 amide bonds. The van der Waals surface area contributed by atoms with Crippen molar-refractivity contribution in [3.05, 3.63) is 57.8 Å². The summed E-state index contributed by atoms with van der Waals surface area (Å²) in [5, 5.41) is 2.46. The Kier molecular flexibility index (Phi) is 5.91. The Labute approximate surface area is 144 Å². The summed E-state index contributed by atoms with van der Waals surface area (Å²) in [7, 11) is 4.69. The molecule has 1 saturated carbocycles. The zero-order chi connectivity index (χ0) is 16.1. The quantitative estimate of drug-likeness (QED) is 0.601. The molecule has 23 heavy (non-hydrogen) atoms. The number of hydrogen-bond acceptors (Lipinski definition) is 1. The average Bonchev–Trinajstić information content (AvgIpc) is 3.01. The van der Waals surface area contributed by atoms with Crippen molar-refractivity contribution in [1.82, 2.24) is 0 Å². The third-order valence-electron chi connectivity index (χ3n) is 5.10. The van der Waals surface area contributed by atoms with Crippen molar-refractivity contribution >= 4 is 10.7 Å². The first-order valence-electron chi connectivity index (χ1n) is 9.11. The third kappa shape index (κ3) is 4.24. The molecule has 0 spiro atoms. The Morgan fingerprint density at radius 3 is 2.39 bits per heavy atom. The highest BCUT2D eigenvalue weighted by Gasteiger charge is 2.27. The Hall–Kier alpha value is -1.12. The number of thiophene rings is 1. The second kappa shape index (κ2) is 8.12. The topological polar surface area (TPSA) is 3.24 Å². The molecule has 1 aromatic carbocycles. The molecule has 124 valence electrons. The van der Waals surface area contributed by atoms with Gasteiger partial charge in [0, 0.05) is 32.1 Å². The molecule has 1 aliphatic rings. The van der Waals surface area contributed by atoms with Gasteiger partial charge in [-0.1, -0.05) is 49.6 Å². The predicted octanol–water partition coefficient (Wildman–Crippen LogP) is 5.86. The van der Waals surface area contributed by atoms with Crippen LogP contribution in [0.5, 0.6) is 0 Å². The van der Waals surface area contributed by atoms with Crippen LogP contribution in [0.2, 0.25) is 0 Å². The van der Waals surface area contributed by atoms with Gasteiger partial charge in [-0.3, -0.25) is 0 Å². The lowest BCUT2D eigenvalue weighted by Gasteiger charge is -2.21. The largest absolute Gasteiger partial charge is 0.175 e. The predicted molar refractivity (Wildman–Crippen MR) is 103 cm³/mol. The van der Waals surface area contributed by atoms with E-state index < -0.39 is 0 Å². The van der Waals surface area contributed by atoms with Crippen molar-refractivity contribution in [2.75, 3.05) is 18.4 Å². The van der Waals surface area contributed by atoms with E-state index in [0.717, 1.165) is 5.92 Å². The maximum Gasteiger partial charge on any atom is 0.175 e. The van der Waals surface area contributed by atoms with Crippen LogP contribution in [0.3, 0.4) is 0 Å². The molecule has 0 N–H and O–H groups in total. The summed E-state index contributed by atoms with van der Waals surface area (Å²) in [6, 6.07) is 13.4. The van der Waals surface area contributed by atoms with E-state index in [-0.39, 0.29) is 10.7 Å². The maximum absolute atomic E-state index is 2.47. The SMILES string of the molecule is CN(C)[s+]1ccc(C2CCCCC2)c1CCCc1ccccc1. The second-order valence-corrected chi connectivity index (χ2v) is 9.11. The first kappa shape index (κ1) is 16.7. The van der Waals surface area contributed by atoms with Crippen molar-refractivity contribution in [3.63, 3.8) is 0 Å². The lowest BCUT2D eigenvalue weighted by molar-refractivity contribution is 0.442. The van der Waals surface area contributed by atoms with Crippen molar-refractivity contribution in [2.24, 2.45) is 0 Å². The van der Waals surface area contributed by atoms with Gasteiger partial charge in [0.05, 0.1) is 10.7 Å². The van der Waals surface area contributed by atoms with E-state index in [2.05, 4.69) is 60.2 Å². The van der Waals surface area contributed by atoms with Gasteiger partial charge >= 0.3 is 0 Å². The van der Waals surface area contributed by atoms with Gasteiger partial charge in [-0.2, -0.15) is 0 Å². The normalized spacial score (nSPS) is 16.9. The van der Waals surface area contributed by atoms with Gasteiger partial charge in [0.2, 0.25) is 0 Å². The fourth-order valence-electron chi connectivity index (χ4n) is 3.90. The fraction of sp³-hybridized carbons (Fsp3) is 0.524. The Balaban J connectivity index is 1.71. The van der Waals surface area contributed by atoms with E-state index in [1.165, 1.54) is 56.9 Å². The number of hydrogen-bond donors (Lipinski definition) is 0. The summed E-state index contributed by atoms with van der Waals surface area (Å²) >= 11 is 0. The van der Waals surface area contributed by atoms with E-state index in [0.29, 0.717) is 0 Å². The van der Waals surface area contributed by atoms with E-state index in [9.17, 15) is 0 Å². The second-order valence-electron chi connectivity index (χ2n) is 6.98. The molecule has 2 aromatic rings. The van der Waals surface area contributed by atoms with Crippen LogP contribution in [0.4, 0.5) is 0 Å². The van der Waals surface area contributed by atoms with Crippen molar-refractivity contribution in [3.8, 4) is 0 Å². The van der Waals surface area contributed by atoms with Crippen LogP contribution in [-0.2, 0) is 12.8 Å². The molecule has 1 atom stereocenters. The zero-order valence-electron chi connectivity index (χ0n) is 14.6. The van der Waals surface area contributed by atoms with Gasteiger partial charge in [-0.25, -0.2) is 0 Å². The molecule has 1 fully saturated rings. The van der Waals surface area contributed by atoms with Gasteiger partial charge in [-0.05, 0) is 37.2 Å². The van der Waals surface area contributed by atoms with Crippen LogP contribution in [0.25, 0.3) is 0 Å². The van der Waals surface area contributed by atoms with Crippen molar-refractivity contribution in [1.29, 1.82) is 0 Å². The molecule has 0 saturated heterocycles. The Bertz CT molecular complexity index is 594. The highest BCUT2D eigenvalue weighted by Crippen LogP contribution is 2.40. The minimum Gasteiger partial charge on any atom is -0.112 e. The van der Waals surface area contributed by atoms with Gasteiger partial charge in [0.15, 0.2) is 10.3 Å². The van der Waals surface area contributed by atoms with Gasteiger partial charge in [0.25, 0.3) is 0 Å². The number of aryl methyl sites for hydroxylation is 1. The molecular formula is C21H30NS+. The average molecular weight is 329 g/mol. The van der Waals surface area contributed by atoms with E-state index >= 15 is 0 Å². The summed E-state index contributed by atoms with van der Waals surface area (Å²) in [4.78, 5) is 1.73. The van der Waals surface area contributed by atoms with Gasteiger partial charge < -0.3 is 0 Å². The summed E-state index contributed by atoms with van der Waals surface area (Å²) in [6.45, 7) is 0. The summed E-state index contributed by atoms with van der Waals surface area (Å²) < 4.78 is 2.41. The summed E-state index contributed by atoms with van der Waals surface area (Å²) in [5.41, 5.74) is 3.18. The van der Waals surface area contributed by atoms with E-state index in [1.807, 2.05) is 0 Å². The highest BCUT2D eigenvalue weighted by molar-refractivity contribution is 7.32. The minimum atomic E-state index is 0.226. The minimum absolute atomic E-state index is 0.226. The van der Waals surface area contributed by atoms with Crippen LogP contribution >= 0.6 is 10.7 Å². The van der Waals surface area contributed by atoms with Crippen LogP contribution in [0, 0.1) is 0 Å². The molecule has 1 unspecified atom stereocenters. The summed E-state index contributed by atoms with van der Waals surface area (Å²) in [5.74, 6) is 0.837. The molecule has 3 rings (SSSR count). The molecule has 1 aliphatic carbocycles. The van der Waals surface area contributed by atoms with E-state index in [4.69, 9.17) is 0 Å². The third-order valence-corrected chi connectivity index (χ3v) is 7.23. The molecule has 1 heterocycles. The van der Waals surface area contributed by atoms with Crippen LogP contribution in [-0.4, -0.2) is 14.1 Å². The molecule has 0 aliphatic heterocycles. The van der Waals surface area contributed by atoms with E-state index in [1.54, 1.807) is 10.4 Å². The molecular weight excluding hydrogens is 298 g/mol. The first-order chi connectivity index (χ1) is 11.3. The van der Waals surface area contributed by atoms with Crippen LogP contribution in [0.1, 0.15) is 60.4 Å². The van der Waals surface area contributed by atoms with Gasteiger partial charge in [-0.15, -0.1) is 4.31 Å². The monoisotopic (exact) mass is 328 g/mol. The fourth-order valence-corrected chi connectivity index (χ4v) is 5.85. The molecule has 0 radical (unpaired) electrons. The first-order valence-corrected chi connectivity index (χ1v) is 10.4. The lowest BCUT2D eigenvalue weighted by atomic mass is 9.84. The standard InChI is InChI=1S/C21H30NS/c1-22(2)23-17-16-20(19-13-7-4-8-14-19)21(23)15-9-12-18-10-5-3-6-11-18/h3,5-6,10-11,16-17,19H,4,7-9,12-15H2,1-2H3/q+1. The number of benzene rings is 1. The number of rotatable bonds is 6. The molecule has 1 aromatic heterocycles. The maximum atomic E-state index is 2.47. The molecule has 1 nitrogen and oxygen atoms in total. The van der Waals surface area contributed by atoms with Crippen LogP contribution < -0.4 is 4.31 Å². The van der Waals surface area contributed by atoms with Crippen LogP contribution in [0.15, 0.2) is 41.8 Å². The van der Waals surface area contributed by atoms with Crippen molar-refractivity contribution in [2.45, 2.75) is 57.3 Å². The summed E-state index contributed by atoms with van der Waals surface area (Å²) in [6.07, 6.45) is 10.8. The Morgan fingerprint density at radius 1 is 0.957 bits per heavy atom. The van der Waals surface area contributed by atoms with Gasteiger partial charge in [0.1, 0.15) is 0 Å². The smallest absolute Gasteiger partial charge is 0.112 e. The Morgan fingerprint density at radius 2 is 1.70 bits per heavy atom. The zero-order valence-corrected chi connectivity index (χ0v) is 15.4. The molecule has 0 bridgehead atoms. The van der Waals surface area contributed by atoms with Crippen molar-refractivity contribution < 1.29 is 0 Å². The highest BCUT2D eigenvalue weighted by atomic mass is 32.2. The molecule has 2 heteroatoms. The lowest BCUT2D eigenvalue weighted by Crippen LogP contribution is -2.10.